The maximum atomic E-state index is 13.7. The molecule has 19 heavy (non-hydrogen) atoms. The van der Waals surface area contributed by atoms with Crippen LogP contribution in [0.5, 0.6) is 5.88 Å². The Labute approximate surface area is 114 Å². The number of thiol groups is 1. The summed E-state index contributed by atoms with van der Waals surface area (Å²) in [6.07, 6.45) is 1.57. The first-order valence-electron chi connectivity index (χ1n) is 5.35. The Morgan fingerprint density at radius 1 is 1.47 bits per heavy atom. The van der Waals surface area contributed by atoms with Crippen molar-refractivity contribution >= 4 is 18.8 Å². The minimum Gasteiger partial charge on any atom is -0.472 e. The van der Waals surface area contributed by atoms with Crippen LogP contribution < -0.4 is 4.74 Å². The lowest BCUT2D eigenvalue weighted by Gasteiger charge is -2.09. The van der Waals surface area contributed by atoms with E-state index in [-0.39, 0.29) is 23.6 Å². The number of methoxy groups -OCH3 is 1. The number of aromatic nitrogens is 2. The van der Waals surface area contributed by atoms with Crippen molar-refractivity contribution in [1.29, 1.82) is 0 Å². The summed E-state index contributed by atoms with van der Waals surface area (Å²) < 4.78 is 24.9. The van der Waals surface area contributed by atoms with E-state index in [9.17, 15) is 9.18 Å². The van der Waals surface area contributed by atoms with Gasteiger partial charge in [0.2, 0.25) is 5.88 Å². The number of carbonyl (C=O) groups is 1. The van der Waals surface area contributed by atoms with Crippen LogP contribution in [0.15, 0.2) is 30.5 Å². The van der Waals surface area contributed by atoms with Gasteiger partial charge in [-0.15, -0.1) is 5.10 Å². The fourth-order valence-electron chi connectivity index (χ4n) is 1.53. The molecule has 0 N–H and O–H groups in total. The maximum absolute atomic E-state index is 13.7. The van der Waals surface area contributed by atoms with Crippen molar-refractivity contribution in [2.24, 2.45) is 0 Å². The van der Waals surface area contributed by atoms with Gasteiger partial charge in [-0.1, -0.05) is 6.07 Å². The molecule has 0 saturated heterocycles. The molecule has 0 unspecified atom stereocenters. The van der Waals surface area contributed by atoms with Gasteiger partial charge in [-0.25, -0.2) is 13.3 Å². The summed E-state index contributed by atoms with van der Waals surface area (Å²) in [5.74, 6) is -0.861. The molecule has 0 radical (unpaired) electrons. The van der Waals surface area contributed by atoms with E-state index < -0.39 is 11.8 Å². The van der Waals surface area contributed by atoms with Crippen LogP contribution in [-0.2, 0) is 11.3 Å². The molecular weight excluding hydrogens is 271 g/mol. The van der Waals surface area contributed by atoms with Gasteiger partial charge in [0.05, 0.1) is 12.7 Å². The molecule has 5 nitrogen and oxygen atoms in total. The average molecular weight is 282 g/mol. The fraction of sp³-hybridized carbons (Fsp3) is 0.167. The predicted molar refractivity (Wildman–Crippen MR) is 68.7 cm³/mol. The van der Waals surface area contributed by atoms with E-state index in [1.54, 1.807) is 12.3 Å². The summed E-state index contributed by atoms with van der Waals surface area (Å²) >= 11 is 3.95. The van der Waals surface area contributed by atoms with Crippen molar-refractivity contribution in [3.63, 3.8) is 0 Å². The predicted octanol–water partition coefficient (Wildman–Crippen LogP) is 2.08. The topological polar surface area (TPSA) is 53.4 Å². The van der Waals surface area contributed by atoms with Gasteiger partial charge in [0.25, 0.3) is 0 Å². The summed E-state index contributed by atoms with van der Waals surface area (Å²) in [7, 11) is 1.24. The highest BCUT2D eigenvalue weighted by atomic mass is 32.1. The summed E-state index contributed by atoms with van der Waals surface area (Å²) in [5, 5.41) is 3.87. The summed E-state index contributed by atoms with van der Waals surface area (Å²) in [5.41, 5.74) is 0.260. The molecule has 0 bridgehead atoms. The highest BCUT2D eigenvalue weighted by Gasteiger charge is 2.16. The molecule has 0 atom stereocenters. The Hall–Kier alpha value is -2.02. The molecule has 0 saturated carbocycles. The lowest BCUT2D eigenvalue weighted by atomic mass is 10.1. The van der Waals surface area contributed by atoms with Crippen LogP contribution in [0.1, 0.15) is 15.9 Å². The second kappa shape index (κ2) is 5.75. The molecule has 0 spiro atoms. The quantitative estimate of drug-likeness (QED) is 0.689. The van der Waals surface area contributed by atoms with Gasteiger partial charge in [-0.3, -0.25) is 0 Å². The number of nitrogens with zero attached hydrogens (tertiary/aromatic N) is 2. The summed E-state index contributed by atoms with van der Waals surface area (Å²) in [6.45, 7) is -0.123. The third kappa shape index (κ3) is 3.05. The Balaban J connectivity index is 2.21. The zero-order valence-electron chi connectivity index (χ0n) is 10.0. The Morgan fingerprint density at radius 2 is 2.26 bits per heavy atom. The smallest absolute Gasteiger partial charge is 0.338 e. The second-order valence-electron chi connectivity index (χ2n) is 3.62. The van der Waals surface area contributed by atoms with E-state index in [1.807, 2.05) is 0 Å². The molecule has 2 rings (SSSR count). The molecule has 7 heteroatoms. The Kier molecular flexibility index (Phi) is 4.06. The van der Waals surface area contributed by atoms with E-state index in [0.717, 1.165) is 0 Å². The number of carbonyl (C=O) groups excluding carboxylic acids is 1. The van der Waals surface area contributed by atoms with Crippen LogP contribution in [-0.4, -0.2) is 22.3 Å². The minimum absolute atomic E-state index is 0.123. The molecule has 1 heterocycles. The molecule has 2 aromatic rings. The highest BCUT2D eigenvalue weighted by Crippen LogP contribution is 2.17. The van der Waals surface area contributed by atoms with E-state index in [4.69, 9.17) is 4.74 Å². The average Bonchev–Trinajstić information content (AvgIpc) is 2.82. The third-order valence-corrected chi connectivity index (χ3v) is 2.66. The number of hydrogen-bond donors (Lipinski definition) is 1. The molecule has 0 aliphatic heterocycles. The van der Waals surface area contributed by atoms with Crippen LogP contribution in [0, 0.1) is 5.82 Å². The van der Waals surface area contributed by atoms with Crippen LogP contribution in [0.4, 0.5) is 4.39 Å². The van der Waals surface area contributed by atoms with Crippen molar-refractivity contribution < 1.29 is 18.7 Å². The Bertz CT molecular complexity index is 600. The van der Waals surface area contributed by atoms with Crippen molar-refractivity contribution in [2.75, 3.05) is 7.11 Å². The molecule has 1 aromatic carbocycles. The normalized spacial score (nSPS) is 10.3. The molecule has 0 aliphatic carbocycles. The molecule has 100 valence electrons. The van der Waals surface area contributed by atoms with Crippen LogP contribution in [0.3, 0.4) is 0 Å². The number of rotatable bonds is 4. The Morgan fingerprint density at radius 3 is 2.89 bits per heavy atom. The first-order valence-corrected chi connectivity index (χ1v) is 5.75. The van der Waals surface area contributed by atoms with Crippen molar-refractivity contribution in [3.05, 3.63) is 47.4 Å². The number of halogens is 1. The van der Waals surface area contributed by atoms with E-state index in [0.29, 0.717) is 0 Å². The van der Waals surface area contributed by atoms with E-state index in [2.05, 4.69) is 22.7 Å². The van der Waals surface area contributed by atoms with Crippen molar-refractivity contribution in [2.45, 2.75) is 6.61 Å². The van der Waals surface area contributed by atoms with Crippen LogP contribution in [0.25, 0.3) is 0 Å². The lowest BCUT2D eigenvalue weighted by molar-refractivity contribution is 0.0596. The van der Waals surface area contributed by atoms with Gasteiger partial charge < -0.3 is 9.47 Å². The van der Waals surface area contributed by atoms with Crippen LogP contribution in [0.2, 0.25) is 0 Å². The first kappa shape index (κ1) is 13.4. The van der Waals surface area contributed by atoms with E-state index in [1.165, 1.54) is 29.4 Å². The molecule has 0 aliphatic rings. The van der Waals surface area contributed by atoms with Gasteiger partial charge in [0, 0.05) is 17.8 Å². The fourth-order valence-corrected chi connectivity index (χ4v) is 1.68. The SMILES string of the molecule is COC(=O)c1cccc(F)c1COc1ccn(S)n1. The summed E-state index contributed by atoms with van der Waals surface area (Å²) in [4.78, 5) is 11.5. The second-order valence-corrected chi connectivity index (χ2v) is 4.03. The molecule has 0 fully saturated rings. The largest absolute Gasteiger partial charge is 0.472 e. The van der Waals surface area contributed by atoms with Gasteiger partial charge in [0.15, 0.2) is 0 Å². The zero-order chi connectivity index (χ0) is 13.8. The summed E-state index contributed by atoms with van der Waals surface area (Å²) in [6, 6.07) is 5.74. The third-order valence-electron chi connectivity index (χ3n) is 2.44. The first-order chi connectivity index (χ1) is 9.11. The zero-order valence-corrected chi connectivity index (χ0v) is 10.9. The molecular formula is C12H11FN2O3S. The number of ether oxygens (including phenoxy) is 2. The van der Waals surface area contributed by atoms with Crippen LogP contribution >= 0.6 is 12.8 Å². The monoisotopic (exact) mass is 282 g/mol. The highest BCUT2D eigenvalue weighted by molar-refractivity contribution is 7.78. The van der Waals surface area contributed by atoms with Gasteiger partial charge in [-0.2, -0.15) is 0 Å². The lowest BCUT2D eigenvalue weighted by Crippen LogP contribution is -2.10. The minimum atomic E-state index is -0.613. The number of benzene rings is 1. The van der Waals surface area contributed by atoms with E-state index >= 15 is 0 Å². The number of esters is 1. The number of hydrogen-bond acceptors (Lipinski definition) is 5. The standard InChI is InChI=1S/C12H11FN2O3S/c1-17-12(16)8-3-2-4-10(13)9(8)7-18-11-5-6-15(19)14-11/h2-6,19H,7H2,1H3. The van der Waals surface area contributed by atoms with Crippen molar-refractivity contribution in [3.8, 4) is 5.88 Å². The van der Waals surface area contributed by atoms with Crippen molar-refractivity contribution in [1.82, 2.24) is 9.19 Å². The molecule has 0 amide bonds. The maximum Gasteiger partial charge on any atom is 0.338 e. The van der Waals surface area contributed by atoms with Gasteiger partial charge in [-0.05, 0) is 24.9 Å². The molecule has 1 aromatic heterocycles. The van der Waals surface area contributed by atoms with Gasteiger partial charge in [0.1, 0.15) is 12.4 Å². The van der Waals surface area contributed by atoms with Gasteiger partial charge >= 0.3 is 5.97 Å².